The molecule has 42 heavy (non-hydrogen) atoms. The number of carbonyl (C=O) groups is 2. The molecular weight excluding hydrogens is 551 g/mol. The van der Waals surface area contributed by atoms with Crippen molar-refractivity contribution in [2.24, 2.45) is 0 Å². The van der Waals surface area contributed by atoms with Gasteiger partial charge in [0.05, 0.1) is 17.5 Å². The summed E-state index contributed by atoms with van der Waals surface area (Å²) in [6, 6.07) is 10.6. The maximum atomic E-state index is 14.0. The van der Waals surface area contributed by atoms with E-state index < -0.39 is 17.6 Å². The molecule has 3 atom stereocenters. The van der Waals surface area contributed by atoms with Gasteiger partial charge in [-0.1, -0.05) is 0 Å². The van der Waals surface area contributed by atoms with E-state index in [1.165, 1.54) is 12.1 Å². The molecule has 9 nitrogen and oxygen atoms in total. The quantitative estimate of drug-likeness (QED) is 0.468. The molecule has 218 valence electrons. The third-order valence-electron chi connectivity index (χ3n) is 8.36. The van der Waals surface area contributed by atoms with Crippen LogP contribution in [0.4, 0.5) is 24.7 Å². The summed E-state index contributed by atoms with van der Waals surface area (Å²) >= 11 is 0. The van der Waals surface area contributed by atoms with Crippen molar-refractivity contribution >= 4 is 23.3 Å². The highest BCUT2D eigenvalue weighted by Gasteiger charge is 2.59. The van der Waals surface area contributed by atoms with Gasteiger partial charge in [-0.25, -0.2) is 4.98 Å². The lowest BCUT2D eigenvalue weighted by Gasteiger charge is -2.35. The van der Waals surface area contributed by atoms with Gasteiger partial charge in [-0.05, 0) is 55.9 Å². The first-order chi connectivity index (χ1) is 20.2. The first kappa shape index (κ1) is 26.6. The van der Waals surface area contributed by atoms with Crippen LogP contribution in [0.15, 0.2) is 48.7 Å². The number of likely N-dealkylation sites (N-methyl/N-ethyl adjacent to an activating group) is 1. The van der Waals surface area contributed by atoms with Crippen LogP contribution in [0, 0.1) is 0 Å². The normalized spacial score (nSPS) is 22.8. The number of hydrogen-bond acceptors (Lipinski definition) is 7. The number of piperazine rings is 1. The number of amides is 2. The molecule has 4 heterocycles. The molecule has 4 aliphatic rings. The molecule has 0 radical (unpaired) electrons. The summed E-state index contributed by atoms with van der Waals surface area (Å²) in [5, 5.41) is 5.63. The molecule has 1 aromatic heterocycles. The number of fused-ring (bicyclic) bond motifs is 4. The summed E-state index contributed by atoms with van der Waals surface area (Å²) < 4.78 is 54.3. The Hall–Kier alpha value is -4.32. The highest BCUT2D eigenvalue weighted by molar-refractivity contribution is 5.96. The molecule has 0 bridgehead atoms. The average Bonchev–Trinajstić information content (AvgIpc) is 3.48. The Labute approximate surface area is 239 Å². The number of ether oxygens (including phenoxy) is 2. The van der Waals surface area contributed by atoms with Crippen molar-refractivity contribution in [3.05, 3.63) is 70.9 Å². The van der Waals surface area contributed by atoms with Gasteiger partial charge in [-0.3, -0.25) is 9.59 Å². The molecule has 12 heteroatoms. The molecule has 1 saturated carbocycles. The van der Waals surface area contributed by atoms with Crippen molar-refractivity contribution < 1.29 is 32.2 Å². The molecule has 1 saturated heterocycles. The number of halogens is 3. The SMILES string of the molecule is CN1CCN(c2ccc(C(=O)N[C@H]3[C@H]4Oc5ccc(Oc6ccnc7c6CCC(=O)N7)cc5[C@@H]34)cc2C(F)(F)F)CC1. The topological polar surface area (TPSA) is 96.0 Å². The highest BCUT2D eigenvalue weighted by atomic mass is 19.4. The molecule has 3 aliphatic heterocycles. The van der Waals surface area contributed by atoms with Crippen molar-refractivity contribution in [1.29, 1.82) is 0 Å². The van der Waals surface area contributed by atoms with Crippen LogP contribution in [-0.4, -0.2) is 67.1 Å². The van der Waals surface area contributed by atoms with Gasteiger partial charge in [0, 0.05) is 61.2 Å². The van der Waals surface area contributed by atoms with Crippen LogP contribution in [0.5, 0.6) is 17.2 Å². The molecule has 0 unspecified atom stereocenters. The van der Waals surface area contributed by atoms with Gasteiger partial charge >= 0.3 is 6.18 Å². The van der Waals surface area contributed by atoms with E-state index >= 15 is 0 Å². The largest absolute Gasteiger partial charge is 0.487 e. The standard InChI is InChI=1S/C30H28F3N5O4/c1-37-10-12-38(13-11-37)21-5-2-16(14-20(21)30(31,32)33)29(40)36-26-25-19-15-17(3-6-22(19)42-27(25)26)41-23-8-9-34-28-18(23)4-7-24(39)35-28/h2-3,5-6,8-9,14-15,25-27H,4,7,10-13H2,1H3,(H,36,40)(H,34,35,39)/t25-,26+,27-/m0/s1. The second-order valence-electron chi connectivity index (χ2n) is 11.1. The van der Waals surface area contributed by atoms with Crippen molar-refractivity contribution in [1.82, 2.24) is 15.2 Å². The van der Waals surface area contributed by atoms with Crippen LogP contribution < -0.4 is 25.0 Å². The van der Waals surface area contributed by atoms with E-state index in [-0.39, 0.29) is 35.2 Å². The number of benzene rings is 2. The summed E-state index contributed by atoms with van der Waals surface area (Å²) in [5.74, 6) is 1.53. The Balaban J connectivity index is 1.06. The van der Waals surface area contributed by atoms with Gasteiger partial charge in [0.2, 0.25) is 5.91 Å². The van der Waals surface area contributed by atoms with E-state index in [0.29, 0.717) is 62.1 Å². The Morgan fingerprint density at radius 2 is 1.90 bits per heavy atom. The fraction of sp³-hybridized carbons (Fsp3) is 0.367. The zero-order chi connectivity index (χ0) is 29.2. The molecule has 2 amide bonds. The van der Waals surface area contributed by atoms with Crippen LogP contribution in [0.1, 0.15) is 39.4 Å². The minimum absolute atomic E-state index is 0.0444. The maximum absolute atomic E-state index is 14.0. The van der Waals surface area contributed by atoms with E-state index in [4.69, 9.17) is 9.47 Å². The lowest BCUT2D eigenvalue weighted by molar-refractivity contribution is -0.137. The molecule has 7 rings (SSSR count). The Kier molecular flexibility index (Phi) is 6.26. The van der Waals surface area contributed by atoms with Gasteiger partial charge in [-0.15, -0.1) is 0 Å². The Morgan fingerprint density at radius 3 is 2.69 bits per heavy atom. The zero-order valence-electron chi connectivity index (χ0n) is 22.7. The van der Waals surface area contributed by atoms with Crippen molar-refractivity contribution in [2.45, 2.75) is 37.1 Å². The van der Waals surface area contributed by atoms with Crippen molar-refractivity contribution in [2.75, 3.05) is 43.4 Å². The number of alkyl halides is 3. The number of hydrogen-bond donors (Lipinski definition) is 2. The van der Waals surface area contributed by atoms with E-state index in [2.05, 4.69) is 20.5 Å². The third kappa shape index (κ3) is 4.79. The molecule has 1 aliphatic carbocycles. The number of rotatable bonds is 5. The summed E-state index contributed by atoms with van der Waals surface area (Å²) in [6.07, 6.45) is -2.45. The number of nitrogens with zero attached hydrogens (tertiary/aromatic N) is 3. The lowest BCUT2D eigenvalue weighted by atomic mass is 10.1. The van der Waals surface area contributed by atoms with E-state index in [0.717, 1.165) is 17.2 Å². The second kappa shape index (κ2) is 9.90. The van der Waals surface area contributed by atoms with Gasteiger partial charge in [0.25, 0.3) is 5.91 Å². The highest BCUT2D eigenvalue weighted by Crippen LogP contribution is 2.54. The summed E-state index contributed by atoms with van der Waals surface area (Å²) in [5.41, 5.74) is 0.924. The first-order valence-corrected chi connectivity index (χ1v) is 13.9. The van der Waals surface area contributed by atoms with Gasteiger partial charge in [0.1, 0.15) is 29.2 Å². The van der Waals surface area contributed by atoms with E-state index in [1.807, 2.05) is 13.1 Å². The fourth-order valence-electron chi connectivity index (χ4n) is 6.02. The smallest absolute Gasteiger partial charge is 0.418 e. The molecule has 3 aromatic rings. The van der Waals surface area contributed by atoms with E-state index in [1.54, 1.807) is 29.3 Å². The fourth-order valence-corrected chi connectivity index (χ4v) is 6.02. The zero-order valence-corrected chi connectivity index (χ0v) is 22.7. The monoisotopic (exact) mass is 579 g/mol. The van der Waals surface area contributed by atoms with Crippen LogP contribution in [0.3, 0.4) is 0 Å². The number of pyridine rings is 1. The predicted molar refractivity (Wildman–Crippen MR) is 147 cm³/mol. The van der Waals surface area contributed by atoms with Crippen LogP contribution in [0.25, 0.3) is 0 Å². The molecule has 2 aromatic carbocycles. The molecule has 2 N–H and O–H groups in total. The summed E-state index contributed by atoms with van der Waals surface area (Å²) in [6.45, 7) is 2.31. The summed E-state index contributed by atoms with van der Waals surface area (Å²) in [4.78, 5) is 32.8. The van der Waals surface area contributed by atoms with Crippen LogP contribution >= 0.6 is 0 Å². The minimum atomic E-state index is -4.59. The minimum Gasteiger partial charge on any atom is -0.487 e. The average molecular weight is 580 g/mol. The van der Waals surface area contributed by atoms with Crippen molar-refractivity contribution in [3.63, 3.8) is 0 Å². The van der Waals surface area contributed by atoms with Gasteiger partial charge < -0.3 is 29.9 Å². The number of aromatic nitrogens is 1. The summed E-state index contributed by atoms with van der Waals surface area (Å²) in [7, 11) is 1.94. The first-order valence-electron chi connectivity index (χ1n) is 13.9. The Bertz CT molecular complexity index is 1590. The lowest BCUT2D eigenvalue weighted by Crippen LogP contribution is -2.45. The molecule has 2 fully saturated rings. The van der Waals surface area contributed by atoms with Gasteiger partial charge in [-0.2, -0.15) is 13.2 Å². The van der Waals surface area contributed by atoms with Gasteiger partial charge in [0.15, 0.2) is 0 Å². The molecular formula is C30H28F3N5O4. The van der Waals surface area contributed by atoms with Crippen LogP contribution in [0.2, 0.25) is 0 Å². The third-order valence-corrected chi connectivity index (χ3v) is 8.36. The number of nitrogens with one attached hydrogen (secondary N) is 2. The predicted octanol–water partition coefficient (Wildman–Crippen LogP) is 4.19. The Morgan fingerprint density at radius 1 is 1.10 bits per heavy atom. The van der Waals surface area contributed by atoms with Crippen molar-refractivity contribution in [3.8, 4) is 17.2 Å². The second-order valence-corrected chi connectivity index (χ2v) is 11.1. The maximum Gasteiger partial charge on any atom is 0.418 e. The van der Waals surface area contributed by atoms with Crippen LogP contribution in [-0.2, 0) is 17.4 Å². The molecule has 0 spiro atoms. The van der Waals surface area contributed by atoms with E-state index in [9.17, 15) is 22.8 Å². The number of carbonyl (C=O) groups excluding carboxylic acids is 2. The number of anilines is 2.